The lowest BCUT2D eigenvalue weighted by Gasteiger charge is -2.31. The summed E-state index contributed by atoms with van der Waals surface area (Å²) < 4.78 is 22.2. The second-order valence-corrected chi connectivity index (χ2v) is 8.25. The van der Waals surface area contributed by atoms with Crippen LogP contribution in [0.15, 0.2) is 15.7 Å². The maximum Gasteiger partial charge on any atom is 0.270 e. The molecule has 1 atom stereocenters. The van der Waals surface area contributed by atoms with Crippen molar-refractivity contribution < 1.29 is 13.2 Å². The highest BCUT2D eigenvalue weighted by Crippen LogP contribution is 2.30. The molecule has 1 aromatic rings. The number of amides is 1. The first-order chi connectivity index (χ1) is 8.38. The zero-order chi connectivity index (χ0) is 13.3. The second kappa shape index (κ2) is 5.19. The highest BCUT2D eigenvalue weighted by molar-refractivity contribution is 8.15. The molecule has 1 aliphatic carbocycles. The van der Waals surface area contributed by atoms with E-state index in [-0.39, 0.29) is 16.2 Å². The van der Waals surface area contributed by atoms with E-state index in [9.17, 15) is 13.2 Å². The third-order valence-corrected chi connectivity index (χ3v) is 6.33. The van der Waals surface area contributed by atoms with Crippen LogP contribution in [0.3, 0.4) is 0 Å². The second-order valence-electron chi connectivity index (χ2n) is 4.55. The predicted molar refractivity (Wildman–Crippen MR) is 71.6 cm³/mol. The quantitative estimate of drug-likeness (QED) is 0.870. The molecule has 1 aliphatic rings. The minimum atomic E-state index is -3.74. The van der Waals surface area contributed by atoms with Gasteiger partial charge >= 0.3 is 0 Å². The molecular formula is C11H14ClNO3S2. The van der Waals surface area contributed by atoms with Gasteiger partial charge in [-0.1, -0.05) is 6.42 Å². The monoisotopic (exact) mass is 307 g/mol. The molecule has 100 valence electrons. The first-order valence-corrected chi connectivity index (χ1v) is 8.91. The largest absolute Gasteiger partial charge is 0.349 e. The van der Waals surface area contributed by atoms with Crippen LogP contribution < -0.4 is 5.32 Å². The Morgan fingerprint density at radius 2 is 2.22 bits per heavy atom. The van der Waals surface area contributed by atoms with Gasteiger partial charge < -0.3 is 5.32 Å². The zero-order valence-electron chi connectivity index (χ0n) is 9.85. The summed E-state index contributed by atoms with van der Waals surface area (Å²) in [5, 5.41) is 4.40. The van der Waals surface area contributed by atoms with Gasteiger partial charge in [-0.15, -0.1) is 11.3 Å². The Morgan fingerprint density at radius 1 is 1.56 bits per heavy atom. The van der Waals surface area contributed by atoms with Crippen LogP contribution >= 0.6 is 22.0 Å². The third kappa shape index (κ3) is 3.05. The number of halogens is 1. The van der Waals surface area contributed by atoms with Crippen molar-refractivity contribution in [2.24, 2.45) is 5.92 Å². The van der Waals surface area contributed by atoms with Crippen LogP contribution in [-0.2, 0) is 9.05 Å². The van der Waals surface area contributed by atoms with Crippen LogP contribution in [0, 0.1) is 5.92 Å². The van der Waals surface area contributed by atoms with Crippen LogP contribution in [0.5, 0.6) is 0 Å². The summed E-state index contributed by atoms with van der Waals surface area (Å²) in [4.78, 5) is 11.9. The Morgan fingerprint density at radius 3 is 2.67 bits per heavy atom. The molecule has 1 unspecified atom stereocenters. The molecule has 1 aromatic heterocycles. The van der Waals surface area contributed by atoms with Gasteiger partial charge in [0, 0.05) is 22.1 Å². The van der Waals surface area contributed by atoms with E-state index in [0.29, 0.717) is 11.5 Å². The summed E-state index contributed by atoms with van der Waals surface area (Å²) in [5.41, 5.74) is 0.352. The van der Waals surface area contributed by atoms with Crippen molar-refractivity contribution in [3.63, 3.8) is 0 Å². The standard InChI is InChI=1S/C11H14ClNO3S2/c1-7(8-3-2-4-8)13-11(14)9-5-10(17-6-9)18(12,15)16/h5-8H,2-4H2,1H3,(H,13,14). The summed E-state index contributed by atoms with van der Waals surface area (Å²) >= 11 is 0.959. The van der Waals surface area contributed by atoms with E-state index in [2.05, 4.69) is 5.32 Å². The van der Waals surface area contributed by atoms with E-state index in [1.54, 1.807) is 0 Å². The molecule has 1 heterocycles. The van der Waals surface area contributed by atoms with Gasteiger partial charge in [0.1, 0.15) is 4.21 Å². The molecule has 18 heavy (non-hydrogen) atoms. The fourth-order valence-electron chi connectivity index (χ4n) is 1.91. The summed E-state index contributed by atoms with van der Waals surface area (Å²) in [7, 11) is 1.47. The van der Waals surface area contributed by atoms with Gasteiger partial charge in [-0.3, -0.25) is 4.79 Å². The smallest absolute Gasteiger partial charge is 0.270 e. The number of hydrogen-bond acceptors (Lipinski definition) is 4. The third-order valence-electron chi connectivity index (χ3n) is 3.29. The van der Waals surface area contributed by atoms with Crippen molar-refractivity contribution in [3.05, 3.63) is 17.0 Å². The Bertz CT molecular complexity index is 548. The van der Waals surface area contributed by atoms with Gasteiger partial charge in [0.2, 0.25) is 0 Å². The molecule has 1 fully saturated rings. The maximum absolute atomic E-state index is 11.9. The number of nitrogens with one attached hydrogen (secondary N) is 1. The molecule has 0 saturated heterocycles. The minimum absolute atomic E-state index is 0.00520. The van der Waals surface area contributed by atoms with Crippen LogP contribution in [0.25, 0.3) is 0 Å². The van der Waals surface area contributed by atoms with E-state index in [1.807, 2.05) is 6.92 Å². The molecule has 1 amide bonds. The topological polar surface area (TPSA) is 63.2 Å². The predicted octanol–water partition coefficient (Wildman–Crippen LogP) is 2.59. The van der Waals surface area contributed by atoms with Crippen LogP contribution in [-0.4, -0.2) is 20.4 Å². The van der Waals surface area contributed by atoms with E-state index in [0.717, 1.165) is 24.2 Å². The van der Waals surface area contributed by atoms with Gasteiger partial charge in [0.05, 0.1) is 5.56 Å². The van der Waals surface area contributed by atoms with Crippen molar-refractivity contribution in [1.82, 2.24) is 5.32 Å². The molecule has 4 nitrogen and oxygen atoms in total. The van der Waals surface area contributed by atoms with Crippen LogP contribution in [0.4, 0.5) is 0 Å². The fourth-order valence-corrected chi connectivity index (χ4v) is 3.86. The van der Waals surface area contributed by atoms with Gasteiger partial charge in [0.15, 0.2) is 0 Å². The van der Waals surface area contributed by atoms with Crippen molar-refractivity contribution in [2.75, 3.05) is 0 Å². The normalized spacial score (nSPS) is 18.1. The van der Waals surface area contributed by atoms with Crippen molar-refractivity contribution in [1.29, 1.82) is 0 Å². The molecule has 1 saturated carbocycles. The molecule has 0 aromatic carbocycles. The highest BCUT2D eigenvalue weighted by atomic mass is 35.7. The number of hydrogen-bond donors (Lipinski definition) is 1. The van der Waals surface area contributed by atoms with Gasteiger partial charge in [-0.2, -0.15) is 0 Å². The van der Waals surface area contributed by atoms with Crippen molar-refractivity contribution in [2.45, 2.75) is 36.4 Å². The van der Waals surface area contributed by atoms with E-state index in [1.165, 1.54) is 17.9 Å². The van der Waals surface area contributed by atoms with Crippen molar-refractivity contribution in [3.8, 4) is 0 Å². The Labute approximate surface area is 115 Å². The molecule has 0 aliphatic heterocycles. The number of carbonyl (C=O) groups excluding carboxylic acids is 1. The first kappa shape index (κ1) is 13.8. The highest BCUT2D eigenvalue weighted by Gasteiger charge is 2.26. The molecule has 1 N–H and O–H groups in total. The summed E-state index contributed by atoms with van der Waals surface area (Å²) in [6, 6.07) is 1.44. The lowest BCUT2D eigenvalue weighted by Crippen LogP contribution is -2.40. The van der Waals surface area contributed by atoms with E-state index >= 15 is 0 Å². The van der Waals surface area contributed by atoms with Crippen LogP contribution in [0.2, 0.25) is 0 Å². The summed E-state index contributed by atoms with van der Waals surface area (Å²) in [6.07, 6.45) is 3.51. The minimum Gasteiger partial charge on any atom is -0.349 e. The number of thiophene rings is 1. The maximum atomic E-state index is 11.9. The summed E-state index contributed by atoms with van der Waals surface area (Å²) in [6.45, 7) is 1.98. The zero-order valence-corrected chi connectivity index (χ0v) is 12.2. The molecule has 0 spiro atoms. The van der Waals surface area contributed by atoms with Gasteiger partial charge in [-0.05, 0) is 31.7 Å². The van der Waals surface area contributed by atoms with Crippen molar-refractivity contribution >= 4 is 37.0 Å². The van der Waals surface area contributed by atoms with Gasteiger partial charge in [0.25, 0.3) is 15.0 Å². The fraction of sp³-hybridized carbons (Fsp3) is 0.545. The van der Waals surface area contributed by atoms with E-state index < -0.39 is 9.05 Å². The number of rotatable bonds is 4. The van der Waals surface area contributed by atoms with Crippen LogP contribution in [0.1, 0.15) is 36.5 Å². The average Bonchev–Trinajstić information content (AvgIpc) is 2.61. The Hall–Kier alpha value is -0.590. The molecule has 0 radical (unpaired) electrons. The lowest BCUT2D eigenvalue weighted by molar-refractivity contribution is 0.0909. The Balaban J connectivity index is 2.02. The Kier molecular flexibility index (Phi) is 3.99. The molecule has 7 heteroatoms. The molecular weight excluding hydrogens is 294 g/mol. The number of carbonyl (C=O) groups is 1. The lowest BCUT2D eigenvalue weighted by atomic mass is 9.80. The average molecular weight is 308 g/mol. The SMILES string of the molecule is CC(NC(=O)c1csc(S(=O)(=O)Cl)c1)C1CCC1. The van der Waals surface area contributed by atoms with Gasteiger partial charge in [-0.25, -0.2) is 8.42 Å². The molecule has 0 bridgehead atoms. The first-order valence-electron chi connectivity index (χ1n) is 5.72. The molecule has 2 rings (SSSR count). The summed E-state index contributed by atoms with van der Waals surface area (Å²) in [5.74, 6) is 0.307. The van der Waals surface area contributed by atoms with E-state index in [4.69, 9.17) is 10.7 Å².